The van der Waals surface area contributed by atoms with Crippen LogP contribution in [-0.4, -0.2) is 23.0 Å². The number of hydrogen-bond acceptors (Lipinski definition) is 5. The van der Waals surface area contributed by atoms with Gasteiger partial charge < -0.3 is 10.1 Å². The van der Waals surface area contributed by atoms with Crippen molar-refractivity contribution >= 4 is 50.7 Å². The maximum Gasteiger partial charge on any atom is 0.349 e. The Morgan fingerprint density at radius 1 is 1.28 bits per heavy atom. The van der Waals surface area contributed by atoms with Crippen LogP contribution in [0.3, 0.4) is 0 Å². The zero-order valence-electron chi connectivity index (χ0n) is 13.0. The van der Waals surface area contributed by atoms with Crippen LogP contribution in [0.15, 0.2) is 42.6 Å². The molecule has 1 atom stereocenters. The van der Waals surface area contributed by atoms with Gasteiger partial charge in [0.25, 0.3) is 5.91 Å². The Hall–Kier alpha value is -2.51. The Labute approximate surface area is 151 Å². The van der Waals surface area contributed by atoms with Crippen molar-refractivity contribution in [1.29, 1.82) is 0 Å². The van der Waals surface area contributed by atoms with E-state index in [2.05, 4.69) is 10.3 Å². The summed E-state index contributed by atoms with van der Waals surface area (Å²) in [5.41, 5.74) is 0. The number of nitrogens with one attached hydrogen (secondary N) is 1. The molecule has 3 rings (SSSR count). The quantitative estimate of drug-likeness (QED) is 0.688. The number of esters is 1. The van der Waals surface area contributed by atoms with Crippen molar-refractivity contribution in [1.82, 2.24) is 4.98 Å². The van der Waals surface area contributed by atoms with Gasteiger partial charge in [0.2, 0.25) is 0 Å². The predicted molar refractivity (Wildman–Crippen MR) is 94.5 cm³/mol. The number of rotatable bonds is 4. The molecule has 128 valence electrons. The van der Waals surface area contributed by atoms with E-state index in [4.69, 9.17) is 16.3 Å². The monoisotopic (exact) mass is 378 g/mol. The molecule has 8 heteroatoms. The van der Waals surface area contributed by atoms with Crippen molar-refractivity contribution in [2.24, 2.45) is 0 Å². The molecule has 2 aromatic heterocycles. The van der Waals surface area contributed by atoms with Crippen molar-refractivity contribution in [2.75, 3.05) is 5.32 Å². The number of hydrogen-bond donors (Lipinski definition) is 1. The maximum absolute atomic E-state index is 13.2. The summed E-state index contributed by atoms with van der Waals surface area (Å²) in [5.74, 6) is -1.24. The molecule has 0 aliphatic carbocycles. The number of halogens is 2. The van der Waals surface area contributed by atoms with E-state index in [0.717, 1.165) is 4.70 Å². The van der Waals surface area contributed by atoms with E-state index < -0.39 is 18.0 Å². The van der Waals surface area contributed by atoms with Gasteiger partial charge in [0, 0.05) is 10.9 Å². The zero-order valence-corrected chi connectivity index (χ0v) is 14.5. The first-order valence-corrected chi connectivity index (χ1v) is 8.44. The van der Waals surface area contributed by atoms with E-state index in [-0.39, 0.29) is 5.82 Å². The molecule has 1 amide bonds. The van der Waals surface area contributed by atoms with Crippen LogP contribution in [0.25, 0.3) is 10.1 Å². The predicted octanol–water partition coefficient (Wildman–Crippen LogP) is 4.27. The lowest BCUT2D eigenvalue weighted by Crippen LogP contribution is -2.30. The van der Waals surface area contributed by atoms with Gasteiger partial charge in [-0.05, 0) is 48.7 Å². The number of carbonyl (C=O) groups excluding carboxylic acids is 2. The first kappa shape index (κ1) is 17.3. The fourth-order valence-electron chi connectivity index (χ4n) is 2.06. The van der Waals surface area contributed by atoms with Crippen LogP contribution in [0.1, 0.15) is 16.6 Å². The molecule has 0 bridgehead atoms. The molecule has 0 unspecified atom stereocenters. The van der Waals surface area contributed by atoms with Crippen LogP contribution in [0.4, 0.5) is 10.2 Å². The summed E-state index contributed by atoms with van der Waals surface area (Å²) in [4.78, 5) is 28.5. The molecule has 0 aliphatic heterocycles. The van der Waals surface area contributed by atoms with Crippen LogP contribution in [-0.2, 0) is 9.53 Å². The number of ether oxygens (including phenoxy) is 1. The van der Waals surface area contributed by atoms with Gasteiger partial charge >= 0.3 is 5.97 Å². The van der Waals surface area contributed by atoms with E-state index in [0.29, 0.717) is 21.1 Å². The van der Waals surface area contributed by atoms with Gasteiger partial charge in [-0.2, -0.15) is 0 Å². The molecule has 3 aromatic rings. The van der Waals surface area contributed by atoms with E-state index in [1.165, 1.54) is 48.7 Å². The molecule has 0 saturated carbocycles. The molecule has 5 nitrogen and oxygen atoms in total. The van der Waals surface area contributed by atoms with E-state index in [9.17, 15) is 14.0 Å². The highest BCUT2D eigenvalue weighted by atomic mass is 35.5. The van der Waals surface area contributed by atoms with Gasteiger partial charge in [-0.15, -0.1) is 11.3 Å². The molecule has 0 aliphatic rings. The second-order valence-electron chi connectivity index (χ2n) is 5.19. The lowest BCUT2D eigenvalue weighted by atomic mass is 10.2. The van der Waals surface area contributed by atoms with Gasteiger partial charge in [0.1, 0.15) is 16.5 Å². The fraction of sp³-hybridized carbons (Fsp3) is 0.118. The Bertz CT molecular complexity index is 943. The number of carbonyl (C=O) groups is 2. The molecule has 0 fully saturated rings. The second-order valence-corrected chi connectivity index (χ2v) is 6.71. The average molecular weight is 379 g/mol. The minimum atomic E-state index is -1.02. The van der Waals surface area contributed by atoms with E-state index in [1.807, 2.05) is 0 Å². The number of anilines is 1. The summed E-state index contributed by atoms with van der Waals surface area (Å²) in [6.45, 7) is 1.45. The molecule has 0 spiro atoms. The smallest absolute Gasteiger partial charge is 0.349 e. The Balaban J connectivity index is 1.66. The largest absolute Gasteiger partial charge is 0.448 e. The van der Waals surface area contributed by atoms with Gasteiger partial charge in [-0.1, -0.05) is 11.6 Å². The van der Waals surface area contributed by atoms with Crippen LogP contribution in [0.2, 0.25) is 5.02 Å². The Kier molecular flexibility index (Phi) is 4.96. The lowest BCUT2D eigenvalue weighted by Gasteiger charge is -2.12. The van der Waals surface area contributed by atoms with Crippen molar-refractivity contribution in [2.45, 2.75) is 13.0 Å². The van der Waals surface area contributed by atoms with Gasteiger partial charge in [-0.3, -0.25) is 4.79 Å². The van der Waals surface area contributed by atoms with Crippen molar-refractivity contribution in [3.05, 3.63) is 58.3 Å². The Morgan fingerprint density at radius 2 is 2.08 bits per heavy atom. The number of fused-ring (bicyclic) bond motifs is 1. The van der Waals surface area contributed by atoms with Gasteiger partial charge in [-0.25, -0.2) is 14.2 Å². The highest BCUT2D eigenvalue weighted by Crippen LogP contribution is 2.27. The summed E-state index contributed by atoms with van der Waals surface area (Å²) in [6, 6.07) is 8.91. The number of nitrogens with zero attached hydrogens (tertiary/aromatic N) is 1. The third-order valence-corrected chi connectivity index (χ3v) is 4.63. The molecular formula is C17H12ClFN2O3S. The van der Waals surface area contributed by atoms with Gasteiger partial charge in [0.05, 0.1) is 5.02 Å². The van der Waals surface area contributed by atoms with E-state index >= 15 is 0 Å². The lowest BCUT2D eigenvalue weighted by molar-refractivity contribution is -0.123. The first-order chi connectivity index (χ1) is 11.9. The van der Waals surface area contributed by atoms with Crippen molar-refractivity contribution in [3.63, 3.8) is 0 Å². The third-order valence-electron chi connectivity index (χ3n) is 3.31. The maximum atomic E-state index is 13.2. The molecule has 0 radical (unpaired) electrons. The molecule has 0 saturated heterocycles. The molecule has 2 heterocycles. The summed E-state index contributed by atoms with van der Waals surface area (Å²) in [6.07, 6.45) is 0.372. The number of aromatic nitrogens is 1. The fourth-order valence-corrected chi connectivity index (χ4v) is 3.10. The SMILES string of the molecule is C[C@H](OC(=O)c1cc2cc(F)ccc2s1)C(=O)Nc1ccc(Cl)cn1. The minimum absolute atomic E-state index is 0.296. The summed E-state index contributed by atoms with van der Waals surface area (Å²) < 4.78 is 19.1. The summed E-state index contributed by atoms with van der Waals surface area (Å²) >= 11 is 6.90. The third kappa shape index (κ3) is 4.12. The number of amides is 1. The summed E-state index contributed by atoms with van der Waals surface area (Å²) in [5, 5.41) is 3.58. The molecule has 1 aromatic carbocycles. The number of pyridine rings is 1. The average Bonchev–Trinajstić information content (AvgIpc) is 3.00. The Morgan fingerprint density at radius 3 is 2.80 bits per heavy atom. The standard InChI is InChI=1S/C17H12ClFN2O3S/c1-9(16(22)21-15-5-2-11(18)8-20-15)24-17(23)14-7-10-6-12(19)3-4-13(10)25-14/h2-9H,1H3,(H,20,21,22)/t9-/m0/s1. The van der Waals surface area contributed by atoms with Crippen LogP contribution >= 0.6 is 22.9 Å². The topological polar surface area (TPSA) is 68.3 Å². The normalized spacial score (nSPS) is 12.0. The highest BCUT2D eigenvalue weighted by molar-refractivity contribution is 7.20. The zero-order chi connectivity index (χ0) is 18.0. The molecule has 1 N–H and O–H groups in total. The van der Waals surface area contributed by atoms with E-state index in [1.54, 1.807) is 12.1 Å². The van der Waals surface area contributed by atoms with Crippen molar-refractivity contribution in [3.8, 4) is 0 Å². The minimum Gasteiger partial charge on any atom is -0.448 e. The van der Waals surface area contributed by atoms with Crippen LogP contribution in [0, 0.1) is 5.82 Å². The van der Waals surface area contributed by atoms with Crippen LogP contribution in [0.5, 0.6) is 0 Å². The molecule has 25 heavy (non-hydrogen) atoms. The second kappa shape index (κ2) is 7.16. The number of thiophene rings is 1. The van der Waals surface area contributed by atoms with Crippen molar-refractivity contribution < 1.29 is 18.7 Å². The van der Waals surface area contributed by atoms with Crippen LogP contribution < -0.4 is 5.32 Å². The number of benzene rings is 1. The van der Waals surface area contributed by atoms with Gasteiger partial charge in [0.15, 0.2) is 6.10 Å². The molecular weight excluding hydrogens is 367 g/mol. The first-order valence-electron chi connectivity index (χ1n) is 7.25. The summed E-state index contributed by atoms with van der Waals surface area (Å²) in [7, 11) is 0. The highest BCUT2D eigenvalue weighted by Gasteiger charge is 2.21.